The lowest BCUT2D eigenvalue weighted by Gasteiger charge is -2.06. The summed E-state index contributed by atoms with van der Waals surface area (Å²) in [5, 5.41) is 3.11. The van der Waals surface area contributed by atoms with E-state index in [1.165, 1.54) is 0 Å². The van der Waals surface area contributed by atoms with E-state index < -0.39 is 0 Å². The second-order valence-electron chi connectivity index (χ2n) is 3.33. The second kappa shape index (κ2) is 8.72. The van der Waals surface area contributed by atoms with Gasteiger partial charge in [-0.05, 0) is 13.3 Å². The van der Waals surface area contributed by atoms with Crippen LogP contribution in [-0.2, 0) is 4.74 Å². The number of anilines is 1. The molecule has 1 aromatic heterocycles. The molecule has 0 saturated carbocycles. The molecule has 0 radical (unpaired) electrons. The van der Waals surface area contributed by atoms with Crippen LogP contribution in [0.4, 0.5) is 5.95 Å². The van der Waals surface area contributed by atoms with Crippen LogP contribution in [0.1, 0.15) is 13.3 Å². The fourth-order valence-electron chi connectivity index (χ4n) is 1.22. The Hall–Kier alpha value is -1.40. The fraction of sp³-hybridized carbons (Fsp3) is 0.636. The van der Waals surface area contributed by atoms with Crippen LogP contribution in [0.2, 0.25) is 0 Å². The van der Waals surface area contributed by atoms with Crippen LogP contribution in [0.15, 0.2) is 12.3 Å². The molecule has 0 fully saturated rings. The number of rotatable bonds is 9. The Morgan fingerprint density at radius 3 is 3.06 bits per heavy atom. The zero-order valence-corrected chi connectivity index (χ0v) is 10.2. The van der Waals surface area contributed by atoms with E-state index in [-0.39, 0.29) is 0 Å². The summed E-state index contributed by atoms with van der Waals surface area (Å²) in [6.07, 6.45) is 2.56. The minimum absolute atomic E-state index is 0.562. The van der Waals surface area contributed by atoms with E-state index in [9.17, 15) is 0 Å². The molecule has 6 nitrogen and oxygen atoms in total. The van der Waals surface area contributed by atoms with Gasteiger partial charge in [0, 0.05) is 32.0 Å². The first kappa shape index (κ1) is 13.7. The molecule has 0 spiro atoms. The predicted octanol–water partition coefficient (Wildman–Crippen LogP) is 0.653. The maximum absolute atomic E-state index is 5.30. The highest BCUT2D eigenvalue weighted by Crippen LogP contribution is 2.07. The predicted molar refractivity (Wildman–Crippen MR) is 66.2 cm³/mol. The summed E-state index contributed by atoms with van der Waals surface area (Å²) in [6.45, 7) is 5.14. The number of hydrogen-bond acceptors (Lipinski definition) is 6. The van der Waals surface area contributed by atoms with E-state index >= 15 is 0 Å². The molecule has 0 saturated heterocycles. The Morgan fingerprint density at radius 1 is 1.41 bits per heavy atom. The Balaban J connectivity index is 2.19. The van der Waals surface area contributed by atoms with Crippen LogP contribution < -0.4 is 15.8 Å². The van der Waals surface area contributed by atoms with Gasteiger partial charge in [-0.3, -0.25) is 0 Å². The van der Waals surface area contributed by atoms with Gasteiger partial charge < -0.3 is 20.5 Å². The van der Waals surface area contributed by atoms with E-state index in [2.05, 4.69) is 15.3 Å². The van der Waals surface area contributed by atoms with Crippen molar-refractivity contribution in [3.63, 3.8) is 0 Å². The van der Waals surface area contributed by atoms with Crippen molar-refractivity contribution < 1.29 is 9.47 Å². The Labute approximate surface area is 102 Å². The first-order valence-corrected chi connectivity index (χ1v) is 5.84. The molecule has 96 valence electrons. The lowest BCUT2D eigenvalue weighted by molar-refractivity contribution is 0.141. The molecule has 0 aromatic carbocycles. The molecule has 6 heteroatoms. The smallest absolute Gasteiger partial charge is 0.225 e. The SMILES string of the molecule is CCOc1ccnc(NCCCOCCN)n1. The molecular weight excluding hydrogens is 220 g/mol. The number of ether oxygens (including phenoxy) is 2. The highest BCUT2D eigenvalue weighted by molar-refractivity contribution is 5.27. The average Bonchev–Trinajstić information content (AvgIpc) is 2.35. The lowest BCUT2D eigenvalue weighted by atomic mass is 10.4. The maximum Gasteiger partial charge on any atom is 0.225 e. The molecule has 0 aliphatic rings. The van der Waals surface area contributed by atoms with Gasteiger partial charge >= 0.3 is 0 Å². The third-order valence-corrected chi connectivity index (χ3v) is 1.93. The van der Waals surface area contributed by atoms with Gasteiger partial charge in [-0.1, -0.05) is 0 Å². The standard InChI is InChI=1S/C11H20N4O2/c1-2-17-10-4-7-14-11(15-10)13-6-3-8-16-9-5-12/h4,7H,2-3,5-6,8-9,12H2,1H3,(H,13,14,15). The topological polar surface area (TPSA) is 82.3 Å². The second-order valence-corrected chi connectivity index (χ2v) is 3.33. The zero-order valence-electron chi connectivity index (χ0n) is 10.2. The van der Waals surface area contributed by atoms with E-state index in [4.69, 9.17) is 15.2 Å². The van der Waals surface area contributed by atoms with Crippen molar-refractivity contribution in [3.8, 4) is 5.88 Å². The van der Waals surface area contributed by atoms with Crippen LogP contribution >= 0.6 is 0 Å². The summed E-state index contributed by atoms with van der Waals surface area (Å²) in [5.41, 5.74) is 5.30. The van der Waals surface area contributed by atoms with Crippen molar-refractivity contribution in [2.24, 2.45) is 5.73 Å². The molecule has 3 N–H and O–H groups in total. The van der Waals surface area contributed by atoms with E-state index in [0.29, 0.717) is 38.2 Å². The van der Waals surface area contributed by atoms with Gasteiger partial charge in [-0.25, -0.2) is 4.98 Å². The summed E-state index contributed by atoms with van der Waals surface area (Å²) >= 11 is 0. The number of nitrogens with zero attached hydrogens (tertiary/aromatic N) is 2. The van der Waals surface area contributed by atoms with Gasteiger partial charge in [0.1, 0.15) is 0 Å². The average molecular weight is 240 g/mol. The van der Waals surface area contributed by atoms with E-state index in [1.54, 1.807) is 12.3 Å². The van der Waals surface area contributed by atoms with Crippen LogP contribution in [-0.4, -0.2) is 42.9 Å². The first-order valence-electron chi connectivity index (χ1n) is 5.84. The van der Waals surface area contributed by atoms with Gasteiger partial charge in [0.25, 0.3) is 0 Å². The molecule has 1 heterocycles. The molecular formula is C11H20N4O2. The van der Waals surface area contributed by atoms with Crippen molar-refractivity contribution in [2.45, 2.75) is 13.3 Å². The van der Waals surface area contributed by atoms with Crippen LogP contribution in [0.3, 0.4) is 0 Å². The van der Waals surface area contributed by atoms with Crippen molar-refractivity contribution in [2.75, 3.05) is 38.2 Å². The van der Waals surface area contributed by atoms with Crippen molar-refractivity contribution in [3.05, 3.63) is 12.3 Å². The molecule has 0 amide bonds. The largest absolute Gasteiger partial charge is 0.478 e. The number of nitrogens with two attached hydrogens (primary N) is 1. The highest BCUT2D eigenvalue weighted by Gasteiger charge is 1.98. The molecule has 0 aliphatic carbocycles. The van der Waals surface area contributed by atoms with Crippen LogP contribution in [0.25, 0.3) is 0 Å². The van der Waals surface area contributed by atoms with E-state index in [1.807, 2.05) is 6.92 Å². The van der Waals surface area contributed by atoms with Gasteiger partial charge in [0.05, 0.1) is 13.2 Å². The number of aromatic nitrogens is 2. The molecule has 0 aliphatic heterocycles. The van der Waals surface area contributed by atoms with Gasteiger partial charge in [0.15, 0.2) is 0 Å². The van der Waals surface area contributed by atoms with Crippen LogP contribution in [0.5, 0.6) is 5.88 Å². The van der Waals surface area contributed by atoms with Crippen molar-refractivity contribution in [1.29, 1.82) is 0 Å². The molecule has 0 unspecified atom stereocenters. The summed E-state index contributed by atoms with van der Waals surface area (Å²) in [6, 6.07) is 1.74. The van der Waals surface area contributed by atoms with Crippen molar-refractivity contribution >= 4 is 5.95 Å². The summed E-state index contributed by atoms with van der Waals surface area (Å²) in [5.74, 6) is 1.17. The third-order valence-electron chi connectivity index (χ3n) is 1.93. The molecule has 0 bridgehead atoms. The molecule has 1 rings (SSSR count). The summed E-state index contributed by atoms with van der Waals surface area (Å²) < 4.78 is 10.5. The first-order chi connectivity index (χ1) is 8.36. The minimum atomic E-state index is 0.562. The maximum atomic E-state index is 5.30. The minimum Gasteiger partial charge on any atom is -0.478 e. The quantitative estimate of drug-likeness (QED) is 0.617. The third kappa shape index (κ3) is 6.03. The Kier molecular flexibility index (Phi) is 7.01. The van der Waals surface area contributed by atoms with Crippen molar-refractivity contribution in [1.82, 2.24) is 9.97 Å². The van der Waals surface area contributed by atoms with Crippen LogP contribution in [0, 0.1) is 0 Å². The normalized spacial score (nSPS) is 10.2. The fourth-order valence-corrected chi connectivity index (χ4v) is 1.22. The number of nitrogens with one attached hydrogen (secondary N) is 1. The Morgan fingerprint density at radius 2 is 2.29 bits per heavy atom. The number of hydrogen-bond donors (Lipinski definition) is 2. The molecule has 17 heavy (non-hydrogen) atoms. The van der Waals surface area contributed by atoms with Gasteiger partial charge in [0.2, 0.25) is 11.8 Å². The molecule has 0 atom stereocenters. The summed E-state index contributed by atoms with van der Waals surface area (Å²) in [4.78, 5) is 8.28. The van der Waals surface area contributed by atoms with Gasteiger partial charge in [-0.2, -0.15) is 4.98 Å². The zero-order chi connectivity index (χ0) is 12.3. The summed E-state index contributed by atoms with van der Waals surface area (Å²) in [7, 11) is 0. The van der Waals surface area contributed by atoms with Gasteiger partial charge in [-0.15, -0.1) is 0 Å². The lowest BCUT2D eigenvalue weighted by Crippen LogP contribution is -2.12. The highest BCUT2D eigenvalue weighted by atomic mass is 16.5. The monoisotopic (exact) mass is 240 g/mol. The van der Waals surface area contributed by atoms with E-state index in [0.717, 1.165) is 13.0 Å². The Bertz CT molecular complexity index is 309. The molecule has 1 aromatic rings.